The second-order valence-corrected chi connectivity index (χ2v) is 8.46. The van der Waals surface area contributed by atoms with E-state index < -0.39 is 11.7 Å². The summed E-state index contributed by atoms with van der Waals surface area (Å²) in [6.07, 6.45) is 4.22. The van der Waals surface area contributed by atoms with Gasteiger partial charge in [-0.25, -0.2) is 4.79 Å². The third-order valence-corrected chi connectivity index (χ3v) is 4.14. The van der Waals surface area contributed by atoms with Crippen LogP contribution in [0.5, 0.6) is 0 Å². The van der Waals surface area contributed by atoms with E-state index in [0.717, 1.165) is 38.2 Å². The number of ether oxygens (including phenoxy) is 5. The largest absolute Gasteiger partial charge is 0.444 e. The Balaban J connectivity index is 3.26. The van der Waals surface area contributed by atoms with Crippen LogP contribution in [0.1, 0.15) is 52.9 Å². The summed E-state index contributed by atoms with van der Waals surface area (Å²) in [7, 11) is 0. The second-order valence-electron chi connectivity index (χ2n) is 8.08. The topological polar surface area (TPSA) is 104 Å². The molecule has 0 bridgehead atoms. The van der Waals surface area contributed by atoms with Crippen molar-refractivity contribution in [1.82, 2.24) is 10.6 Å². The SMILES string of the molecule is CC(C)(C)OC(=O)NCCOCCOCCC(=O)NCCOCCOCCCCCCCl. The summed E-state index contributed by atoms with van der Waals surface area (Å²) in [6, 6.07) is 0. The number of halogens is 1. The molecule has 190 valence electrons. The Kier molecular flexibility index (Phi) is 20.9. The molecule has 0 spiro atoms. The first kappa shape index (κ1) is 30.9. The number of alkyl carbamates (subject to hydrolysis) is 1. The van der Waals surface area contributed by atoms with Crippen molar-refractivity contribution in [1.29, 1.82) is 0 Å². The average molecular weight is 483 g/mol. The quantitative estimate of drug-likeness (QED) is 0.191. The number of alkyl halides is 1. The van der Waals surface area contributed by atoms with Crippen LogP contribution in [0.2, 0.25) is 0 Å². The van der Waals surface area contributed by atoms with Gasteiger partial charge in [-0.15, -0.1) is 11.6 Å². The van der Waals surface area contributed by atoms with Gasteiger partial charge in [0.2, 0.25) is 5.91 Å². The summed E-state index contributed by atoms with van der Waals surface area (Å²) >= 11 is 5.62. The number of rotatable bonds is 21. The van der Waals surface area contributed by atoms with E-state index in [1.165, 1.54) is 0 Å². The van der Waals surface area contributed by atoms with Gasteiger partial charge in [-0.2, -0.15) is 0 Å². The molecule has 9 nitrogen and oxygen atoms in total. The number of carbonyl (C=O) groups excluding carboxylic acids is 2. The summed E-state index contributed by atoms with van der Waals surface area (Å²) < 4.78 is 26.7. The molecule has 0 aliphatic heterocycles. The molecular formula is C22H43ClN2O7. The van der Waals surface area contributed by atoms with Crippen LogP contribution in [-0.4, -0.2) is 89.4 Å². The highest BCUT2D eigenvalue weighted by Gasteiger charge is 2.15. The van der Waals surface area contributed by atoms with Crippen LogP contribution in [0.15, 0.2) is 0 Å². The minimum atomic E-state index is -0.517. The van der Waals surface area contributed by atoms with Gasteiger partial charge in [0.1, 0.15) is 5.60 Å². The zero-order chi connectivity index (χ0) is 23.9. The Morgan fingerprint density at radius 2 is 1.22 bits per heavy atom. The van der Waals surface area contributed by atoms with Crippen molar-refractivity contribution in [2.24, 2.45) is 0 Å². The maximum absolute atomic E-state index is 11.7. The van der Waals surface area contributed by atoms with Crippen molar-refractivity contribution in [2.75, 3.05) is 71.8 Å². The third-order valence-electron chi connectivity index (χ3n) is 3.87. The Morgan fingerprint density at radius 3 is 1.81 bits per heavy atom. The first-order valence-corrected chi connectivity index (χ1v) is 12.0. The van der Waals surface area contributed by atoms with Crippen LogP contribution < -0.4 is 10.6 Å². The molecule has 0 saturated heterocycles. The molecular weight excluding hydrogens is 440 g/mol. The van der Waals surface area contributed by atoms with Gasteiger partial charge in [0.25, 0.3) is 0 Å². The average Bonchev–Trinajstić information content (AvgIpc) is 2.72. The smallest absolute Gasteiger partial charge is 0.407 e. The molecule has 32 heavy (non-hydrogen) atoms. The Hall–Kier alpha value is -1.13. The van der Waals surface area contributed by atoms with E-state index >= 15 is 0 Å². The lowest BCUT2D eigenvalue weighted by molar-refractivity contribution is -0.122. The van der Waals surface area contributed by atoms with E-state index in [2.05, 4.69) is 10.6 Å². The van der Waals surface area contributed by atoms with Gasteiger partial charge in [0, 0.05) is 32.0 Å². The molecule has 0 aliphatic rings. The van der Waals surface area contributed by atoms with Crippen molar-refractivity contribution in [3.05, 3.63) is 0 Å². The standard InChI is InChI=1S/C22H43ClN2O7/c1-22(2,3)32-21(27)25-11-15-31-19-17-29-13-8-20(26)24-10-14-30-18-16-28-12-7-5-4-6-9-23/h4-19H2,1-3H3,(H,24,26)(H,25,27). The predicted molar refractivity (Wildman–Crippen MR) is 124 cm³/mol. The van der Waals surface area contributed by atoms with Gasteiger partial charge >= 0.3 is 6.09 Å². The highest BCUT2D eigenvalue weighted by molar-refractivity contribution is 6.17. The van der Waals surface area contributed by atoms with Crippen LogP contribution in [0.4, 0.5) is 4.79 Å². The summed E-state index contributed by atoms with van der Waals surface area (Å²) in [5.41, 5.74) is -0.517. The Morgan fingerprint density at radius 1 is 0.688 bits per heavy atom. The maximum Gasteiger partial charge on any atom is 0.407 e. The minimum Gasteiger partial charge on any atom is -0.444 e. The fourth-order valence-electron chi connectivity index (χ4n) is 2.35. The lowest BCUT2D eigenvalue weighted by atomic mass is 10.2. The van der Waals surface area contributed by atoms with Gasteiger partial charge in [-0.05, 0) is 33.6 Å². The lowest BCUT2D eigenvalue weighted by Crippen LogP contribution is -2.34. The van der Waals surface area contributed by atoms with E-state index in [0.29, 0.717) is 59.3 Å². The number of nitrogens with one attached hydrogen (secondary N) is 2. The molecule has 10 heteroatoms. The Labute approximate surface area is 198 Å². The van der Waals surface area contributed by atoms with E-state index in [9.17, 15) is 9.59 Å². The summed E-state index contributed by atoms with van der Waals surface area (Å²) in [5.74, 6) is 0.648. The molecule has 0 aromatic rings. The first-order chi connectivity index (χ1) is 15.3. The zero-order valence-corrected chi connectivity index (χ0v) is 20.8. The fraction of sp³-hybridized carbons (Fsp3) is 0.909. The normalized spacial score (nSPS) is 11.4. The van der Waals surface area contributed by atoms with Crippen molar-refractivity contribution < 1.29 is 33.3 Å². The molecule has 0 saturated carbocycles. The van der Waals surface area contributed by atoms with Crippen molar-refractivity contribution in [3.63, 3.8) is 0 Å². The van der Waals surface area contributed by atoms with Crippen molar-refractivity contribution in [2.45, 2.75) is 58.5 Å². The van der Waals surface area contributed by atoms with Crippen LogP contribution in [0.25, 0.3) is 0 Å². The minimum absolute atomic E-state index is 0.0794. The van der Waals surface area contributed by atoms with E-state index in [-0.39, 0.29) is 12.3 Å². The highest BCUT2D eigenvalue weighted by atomic mass is 35.5. The molecule has 0 fully saturated rings. The number of unbranched alkanes of at least 4 members (excludes halogenated alkanes) is 3. The maximum atomic E-state index is 11.7. The Bertz CT molecular complexity index is 462. The van der Waals surface area contributed by atoms with Crippen molar-refractivity contribution >= 4 is 23.6 Å². The van der Waals surface area contributed by atoms with Gasteiger partial charge < -0.3 is 34.3 Å². The fourth-order valence-corrected chi connectivity index (χ4v) is 2.54. The van der Waals surface area contributed by atoms with Gasteiger partial charge in [-0.1, -0.05) is 12.8 Å². The number of hydrogen-bond acceptors (Lipinski definition) is 7. The van der Waals surface area contributed by atoms with E-state index in [1.807, 2.05) is 0 Å². The third kappa shape index (κ3) is 25.1. The molecule has 0 aromatic carbocycles. The molecule has 0 heterocycles. The van der Waals surface area contributed by atoms with Crippen molar-refractivity contribution in [3.8, 4) is 0 Å². The molecule has 0 unspecified atom stereocenters. The molecule has 2 amide bonds. The molecule has 0 radical (unpaired) electrons. The molecule has 0 atom stereocenters. The summed E-state index contributed by atoms with van der Waals surface area (Å²) in [5, 5.41) is 5.38. The van der Waals surface area contributed by atoms with E-state index in [1.54, 1.807) is 20.8 Å². The zero-order valence-electron chi connectivity index (χ0n) is 20.0. The number of hydrogen-bond donors (Lipinski definition) is 2. The molecule has 0 rings (SSSR count). The molecule has 0 aliphatic carbocycles. The van der Waals surface area contributed by atoms with Gasteiger partial charge in [-0.3, -0.25) is 4.79 Å². The van der Waals surface area contributed by atoms with E-state index in [4.69, 9.17) is 35.3 Å². The lowest BCUT2D eigenvalue weighted by Gasteiger charge is -2.19. The van der Waals surface area contributed by atoms with Gasteiger partial charge in [0.05, 0.1) is 46.2 Å². The van der Waals surface area contributed by atoms with Crippen LogP contribution >= 0.6 is 11.6 Å². The summed E-state index contributed by atoms with van der Waals surface area (Å²) in [4.78, 5) is 23.1. The highest BCUT2D eigenvalue weighted by Crippen LogP contribution is 2.06. The predicted octanol–water partition coefficient (Wildman–Crippen LogP) is 2.88. The number of amides is 2. The van der Waals surface area contributed by atoms with Crippen LogP contribution in [-0.2, 0) is 28.5 Å². The molecule has 2 N–H and O–H groups in total. The molecule has 0 aromatic heterocycles. The summed E-state index contributed by atoms with van der Waals surface area (Å²) in [6.45, 7) is 9.99. The van der Waals surface area contributed by atoms with Crippen LogP contribution in [0, 0.1) is 0 Å². The first-order valence-electron chi connectivity index (χ1n) is 11.5. The number of carbonyl (C=O) groups is 2. The monoisotopic (exact) mass is 482 g/mol. The van der Waals surface area contributed by atoms with Gasteiger partial charge in [0.15, 0.2) is 0 Å². The second kappa shape index (κ2) is 21.7. The van der Waals surface area contributed by atoms with Crippen LogP contribution in [0.3, 0.4) is 0 Å².